The van der Waals surface area contributed by atoms with Gasteiger partial charge in [-0.25, -0.2) is 9.37 Å². The Morgan fingerprint density at radius 1 is 1.29 bits per heavy atom. The number of anilines is 1. The van der Waals surface area contributed by atoms with Gasteiger partial charge < -0.3 is 15.4 Å². The van der Waals surface area contributed by atoms with Gasteiger partial charge in [-0.3, -0.25) is 4.79 Å². The largest absolute Gasteiger partial charge is 0.496 e. The smallest absolute Gasteiger partial charge is 0.242 e. The van der Waals surface area contributed by atoms with Crippen molar-refractivity contribution in [3.05, 3.63) is 76.7 Å². The third-order valence-electron chi connectivity index (χ3n) is 5.13. The molecule has 1 aliphatic heterocycles. The molecule has 1 fully saturated rings. The number of halogens is 3. The number of carbonyl (C=O) groups is 1. The van der Waals surface area contributed by atoms with E-state index in [1.54, 1.807) is 48.7 Å². The second-order valence-corrected chi connectivity index (χ2v) is 7.58. The molecule has 31 heavy (non-hydrogen) atoms. The lowest BCUT2D eigenvalue weighted by Crippen LogP contribution is -2.50. The Morgan fingerprint density at radius 3 is 2.71 bits per heavy atom. The molecule has 0 radical (unpaired) electrons. The number of benzene rings is 2. The molecule has 1 aliphatic rings. The Kier molecular flexibility index (Phi) is 7.49. The summed E-state index contributed by atoms with van der Waals surface area (Å²) in [6.45, 7) is 0.856. The molecule has 1 saturated heterocycles. The molecule has 0 spiro atoms. The number of amides is 1. The van der Waals surface area contributed by atoms with Crippen LogP contribution < -0.4 is 15.4 Å². The summed E-state index contributed by atoms with van der Waals surface area (Å²) in [5.74, 6) is 0.477. The van der Waals surface area contributed by atoms with Crippen LogP contribution in [0.4, 0.5) is 10.2 Å². The highest BCUT2D eigenvalue weighted by Gasteiger charge is 2.24. The maximum Gasteiger partial charge on any atom is 0.242 e. The van der Waals surface area contributed by atoms with Crippen molar-refractivity contribution in [3.63, 3.8) is 0 Å². The minimum Gasteiger partial charge on any atom is -0.496 e. The molecule has 3 aromatic rings. The van der Waals surface area contributed by atoms with Gasteiger partial charge in [0.1, 0.15) is 17.4 Å². The van der Waals surface area contributed by atoms with Gasteiger partial charge in [0, 0.05) is 17.6 Å². The molecule has 162 valence electrons. The average molecular weight is 462 g/mol. The summed E-state index contributed by atoms with van der Waals surface area (Å²) in [6.07, 6.45) is 2.83. The Hall–Kier alpha value is -2.67. The second-order valence-electron chi connectivity index (χ2n) is 7.14. The van der Waals surface area contributed by atoms with Gasteiger partial charge in [-0.2, -0.15) is 0 Å². The number of methoxy groups -OCH3 is 1. The molecule has 0 bridgehead atoms. The topological polar surface area (TPSA) is 63.2 Å². The third-order valence-corrected chi connectivity index (χ3v) is 5.36. The quantitative estimate of drug-likeness (QED) is 0.549. The zero-order valence-electron chi connectivity index (χ0n) is 16.8. The second kappa shape index (κ2) is 10.1. The molecule has 8 heteroatoms. The van der Waals surface area contributed by atoms with E-state index < -0.39 is 0 Å². The molecule has 5 nitrogen and oxygen atoms in total. The highest BCUT2D eigenvalue weighted by Crippen LogP contribution is 2.36. The van der Waals surface area contributed by atoms with E-state index in [4.69, 9.17) is 16.3 Å². The number of hydrogen-bond acceptors (Lipinski definition) is 4. The first-order valence-electron chi connectivity index (χ1n) is 9.65. The fraction of sp³-hybridized carbons (Fsp3) is 0.217. The van der Waals surface area contributed by atoms with Crippen LogP contribution in [0.15, 0.2) is 54.7 Å². The standard InChI is InChI=1S/C23H21ClFN3O2.ClH/c1-30-19-7-6-16(22(25)21(19)15-3-2-4-17(24)12-15)11-14-5-8-20(27-13-14)28-23(29)18-9-10-26-18;/h2-8,12-13,18,26H,9-11H2,1H3,(H,27,28,29);1H/t18-;/m1./s1. The first-order chi connectivity index (χ1) is 14.5. The summed E-state index contributed by atoms with van der Waals surface area (Å²) in [5.41, 5.74) is 2.38. The number of rotatable bonds is 6. The van der Waals surface area contributed by atoms with E-state index in [-0.39, 0.29) is 30.2 Å². The molecule has 4 rings (SSSR count). The Bertz CT molecular complexity index is 1070. The van der Waals surface area contributed by atoms with E-state index in [0.29, 0.717) is 39.7 Å². The zero-order chi connectivity index (χ0) is 21.1. The van der Waals surface area contributed by atoms with Gasteiger partial charge in [-0.05, 0) is 53.9 Å². The van der Waals surface area contributed by atoms with Crippen LogP contribution in [0.2, 0.25) is 5.02 Å². The minimum absolute atomic E-state index is 0. The first kappa shape index (κ1) is 23.0. The molecular formula is C23H22Cl2FN3O2. The van der Waals surface area contributed by atoms with Crippen LogP contribution in [0, 0.1) is 5.82 Å². The van der Waals surface area contributed by atoms with Gasteiger partial charge in [0.2, 0.25) is 5.91 Å². The van der Waals surface area contributed by atoms with E-state index in [0.717, 1.165) is 18.5 Å². The van der Waals surface area contributed by atoms with E-state index in [1.807, 2.05) is 6.07 Å². The van der Waals surface area contributed by atoms with Crippen LogP contribution in [0.3, 0.4) is 0 Å². The van der Waals surface area contributed by atoms with Crippen LogP contribution in [0.1, 0.15) is 17.5 Å². The molecule has 2 heterocycles. The SMILES string of the molecule is COc1ccc(Cc2ccc(NC(=O)[C@H]3CCN3)nc2)c(F)c1-c1cccc(Cl)c1.Cl. The highest BCUT2D eigenvalue weighted by atomic mass is 35.5. The molecule has 0 unspecified atom stereocenters. The summed E-state index contributed by atoms with van der Waals surface area (Å²) < 4.78 is 20.8. The summed E-state index contributed by atoms with van der Waals surface area (Å²) >= 11 is 6.09. The number of carbonyl (C=O) groups excluding carboxylic acids is 1. The predicted molar refractivity (Wildman–Crippen MR) is 123 cm³/mol. The molecule has 1 aromatic heterocycles. The molecule has 1 atom stereocenters. The first-order valence-corrected chi connectivity index (χ1v) is 10.0. The lowest BCUT2D eigenvalue weighted by molar-refractivity contribution is -0.119. The van der Waals surface area contributed by atoms with Gasteiger partial charge >= 0.3 is 0 Å². The summed E-state index contributed by atoms with van der Waals surface area (Å²) in [5, 5.41) is 6.36. The predicted octanol–water partition coefficient (Wildman–Crippen LogP) is 4.86. The van der Waals surface area contributed by atoms with Crippen molar-refractivity contribution in [2.75, 3.05) is 19.0 Å². The number of aromatic nitrogens is 1. The molecule has 0 saturated carbocycles. The van der Waals surface area contributed by atoms with Crippen LogP contribution in [0.5, 0.6) is 5.75 Å². The van der Waals surface area contributed by atoms with Gasteiger partial charge in [0.05, 0.1) is 18.7 Å². The molecule has 2 aromatic carbocycles. The monoisotopic (exact) mass is 461 g/mol. The zero-order valence-corrected chi connectivity index (χ0v) is 18.4. The van der Waals surface area contributed by atoms with Crippen LogP contribution in [-0.2, 0) is 11.2 Å². The lowest BCUT2D eigenvalue weighted by Gasteiger charge is -2.25. The third kappa shape index (κ3) is 5.15. The Balaban J connectivity index is 0.00000272. The summed E-state index contributed by atoms with van der Waals surface area (Å²) in [4.78, 5) is 16.3. The normalized spacial score (nSPS) is 14.9. The Morgan fingerprint density at radius 2 is 2.10 bits per heavy atom. The maximum atomic E-state index is 15.4. The van der Waals surface area contributed by atoms with Gasteiger partial charge in [-0.1, -0.05) is 35.9 Å². The van der Waals surface area contributed by atoms with Crippen LogP contribution >= 0.6 is 24.0 Å². The molecular weight excluding hydrogens is 440 g/mol. The van der Waals surface area contributed by atoms with Crippen LogP contribution in [-0.4, -0.2) is 30.6 Å². The number of nitrogens with one attached hydrogen (secondary N) is 2. The highest BCUT2D eigenvalue weighted by molar-refractivity contribution is 6.30. The average Bonchev–Trinajstić information content (AvgIpc) is 2.69. The number of pyridine rings is 1. The number of ether oxygens (including phenoxy) is 1. The van der Waals surface area contributed by atoms with Crippen molar-refractivity contribution in [2.45, 2.75) is 18.9 Å². The van der Waals surface area contributed by atoms with E-state index >= 15 is 4.39 Å². The van der Waals surface area contributed by atoms with Gasteiger partial charge in [0.25, 0.3) is 0 Å². The van der Waals surface area contributed by atoms with E-state index in [2.05, 4.69) is 15.6 Å². The maximum absolute atomic E-state index is 15.4. The molecule has 2 N–H and O–H groups in total. The summed E-state index contributed by atoms with van der Waals surface area (Å²) in [6, 6.07) is 13.9. The molecule has 1 amide bonds. The van der Waals surface area contributed by atoms with Gasteiger partial charge in [0.15, 0.2) is 0 Å². The number of hydrogen-bond donors (Lipinski definition) is 2. The van der Waals surface area contributed by atoms with Crippen molar-refractivity contribution in [1.29, 1.82) is 0 Å². The van der Waals surface area contributed by atoms with E-state index in [1.165, 1.54) is 7.11 Å². The molecule has 0 aliphatic carbocycles. The van der Waals surface area contributed by atoms with Crippen molar-refractivity contribution < 1.29 is 13.9 Å². The van der Waals surface area contributed by atoms with E-state index in [9.17, 15) is 4.79 Å². The van der Waals surface area contributed by atoms with Crippen molar-refractivity contribution in [3.8, 4) is 16.9 Å². The van der Waals surface area contributed by atoms with Gasteiger partial charge in [-0.15, -0.1) is 12.4 Å². The summed E-state index contributed by atoms with van der Waals surface area (Å²) in [7, 11) is 1.51. The number of nitrogens with zero attached hydrogens (tertiary/aromatic N) is 1. The Labute approximate surface area is 191 Å². The van der Waals surface area contributed by atoms with Crippen LogP contribution in [0.25, 0.3) is 11.1 Å². The minimum atomic E-state index is -0.356. The fourth-order valence-corrected chi connectivity index (χ4v) is 3.56. The lowest BCUT2D eigenvalue weighted by atomic mass is 9.97. The van der Waals surface area contributed by atoms with Crippen molar-refractivity contribution in [2.24, 2.45) is 0 Å². The fourth-order valence-electron chi connectivity index (χ4n) is 3.37. The van der Waals surface area contributed by atoms with Crippen molar-refractivity contribution in [1.82, 2.24) is 10.3 Å². The van der Waals surface area contributed by atoms with Crippen molar-refractivity contribution >= 4 is 35.7 Å².